The summed E-state index contributed by atoms with van der Waals surface area (Å²) in [6.45, 7) is 10.5. The van der Waals surface area contributed by atoms with Gasteiger partial charge in [0.1, 0.15) is 0 Å². The quantitative estimate of drug-likeness (QED) is 0.794. The highest BCUT2D eigenvalue weighted by Crippen LogP contribution is 2.29. The molecule has 2 nitrogen and oxygen atoms in total. The van der Waals surface area contributed by atoms with E-state index in [2.05, 4.69) is 52.0 Å². The van der Waals surface area contributed by atoms with Crippen LogP contribution in [0.15, 0.2) is 0 Å². The summed E-state index contributed by atoms with van der Waals surface area (Å²) in [4.78, 5) is 2.53. The van der Waals surface area contributed by atoms with E-state index in [0.717, 1.165) is 5.92 Å². The molecule has 2 heteroatoms. The first-order valence-electron chi connectivity index (χ1n) is 7.23. The highest BCUT2D eigenvalue weighted by molar-refractivity contribution is 4.85. The lowest BCUT2D eigenvalue weighted by Crippen LogP contribution is -2.48. The topological polar surface area (TPSA) is 15.3 Å². The third-order valence-electron chi connectivity index (χ3n) is 4.74. The Kier molecular flexibility index (Phi) is 5.46. The van der Waals surface area contributed by atoms with Crippen molar-refractivity contribution in [2.45, 2.75) is 65.5 Å². The smallest absolute Gasteiger partial charge is 0.0220 e. The molecule has 1 aliphatic carbocycles. The van der Waals surface area contributed by atoms with Gasteiger partial charge in [-0.05, 0) is 45.2 Å². The molecule has 1 rings (SSSR count). The average molecular weight is 240 g/mol. The third-order valence-corrected chi connectivity index (χ3v) is 4.74. The van der Waals surface area contributed by atoms with Crippen molar-refractivity contribution in [2.75, 3.05) is 20.6 Å². The summed E-state index contributed by atoms with van der Waals surface area (Å²) >= 11 is 0. The summed E-state index contributed by atoms with van der Waals surface area (Å²) in [5, 5.41) is 3.54. The van der Waals surface area contributed by atoms with Crippen molar-refractivity contribution in [2.24, 2.45) is 11.3 Å². The van der Waals surface area contributed by atoms with Gasteiger partial charge in [-0.15, -0.1) is 0 Å². The minimum absolute atomic E-state index is 0.364. The van der Waals surface area contributed by atoms with Gasteiger partial charge in [-0.1, -0.05) is 33.6 Å². The second-order valence-electron chi connectivity index (χ2n) is 6.92. The number of hydrogen-bond acceptors (Lipinski definition) is 2. The van der Waals surface area contributed by atoms with Crippen LogP contribution in [0.3, 0.4) is 0 Å². The Morgan fingerprint density at radius 3 is 2.18 bits per heavy atom. The van der Waals surface area contributed by atoms with Crippen molar-refractivity contribution in [3.05, 3.63) is 0 Å². The third kappa shape index (κ3) is 4.26. The van der Waals surface area contributed by atoms with Crippen molar-refractivity contribution < 1.29 is 0 Å². The molecule has 17 heavy (non-hydrogen) atoms. The zero-order valence-electron chi connectivity index (χ0n) is 12.7. The Balaban J connectivity index is 2.49. The normalized spacial score (nSPS) is 22.1. The first-order valence-corrected chi connectivity index (χ1v) is 7.23. The zero-order valence-corrected chi connectivity index (χ0v) is 12.7. The van der Waals surface area contributed by atoms with Crippen LogP contribution in [0.2, 0.25) is 0 Å². The lowest BCUT2D eigenvalue weighted by atomic mass is 9.86. The van der Waals surface area contributed by atoms with Gasteiger partial charge in [0.05, 0.1) is 0 Å². The Bertz CT molecular complexity index is 213. The molecule has 0 aliphatic heterocycles. The van der Waals surface area contributed by atoms with E-state index in [4.69, 9.17) is 0 Å². The highest BCUT2D eigenvalue weighted by Gasteiger charge is 2.29. The van der Waals surface area contributed by atoms with Gasteiger partial charge in [0.25, 0.3) is 0 Å². The summed E-state index contributed by atoms with van der Waals surface area (Å²) in [6.07, 6.45) is 5.70. The molecule has 102 valence electrons. The predicted molar refractivity (Wildman–Crippen MR) is 76.4 cm³/mol. The molecule has 1 fully saturated rings. The second kappa shape index (κ2) is 6.19. The fourth-order valence-electron chi connectivity index (χ4n) is 2.97. The minimum Gasteiger partial charge on any atom is -0.315 e. The van der Waals surface area contributed by atoms with Crippen LogP contribution in [0.1, 0.15) is 53.4 Å². The van der Waals surface area contributed by atoms with Crippen molar-refractivity contribution >= 4 is 0 Å². The largest absolute Gasteiger partial charge is 0.315 e. The molecule has 0 spiro atoms. The van der Waals surface area contributed by atoms with E-state index >= 15 is 0 Å². The van der Waals surface area contributed by atoms with Gasteiger partial charge >= 0.3 is 0 Å². The molecule has 0 amide bonds. The number of hydrogen-bond donors (Lipinski definition) is 1. The molecule has 1 saturated carbocycles. The molecule has 1 aliphatic rings. The highest BCUT2D eigenvalue weighted by atomic mass is 15.2. The van der Waals surface area contributed by atoms with Crippen LogP contribution in [0, 0.1) is 11.3 Å². The minimum atomic E-state index is 0.364. The summed E-state index contributed by atoms with van der Waals surface area (Å²) < 4.78 is 0. The van der Waals surface area contributed by atoms with E-state index < -0.39 is 0 Å². The number of rotatable bonds is 5. The molecule has 2 unspecified atom stereocenters. The van der Waals surface area contributed by atoms with Gasteiger partial charge in [0, 0.05) is 18.6 Å². The summed E-state index contributed by atoms with van der Waals surface area (Å²) in [5.41, 5.74) is 0.364. The van der Waals surface area contributed by atoms with E-state index in [1.54, 1.807) is 0 Å². The van der Waals surface area contributed by atoms with E-state index in [1.807, 2.05) is 0 Å². The lowest BCUT2D eigenvalue weighted by Gasteiger charge is -2.38. The first-order chi connectivity index (χ1) is 7.86. The maximum atomic E-state index is 3.54. The average Bonchev–Trinajstić information content (AvgIpc) is 2.76. The SMILES string of the molecule is CNC(CN(C)C(C)C(C)(C)C)C1CCCC1. The Morgan fingerprint density at radius 1 is 1.24 bits per heavy atom. The molecule has 1 N–H and O–H groups in total. The monoisotopic (exact) mass is 240 g/mol. The zero-order chi connectivity index (χ0) is 13.1. The van der Waals surface area contributed by atoms with Crippen molar-refractivity contribution in [3.63, 3.8) is 0 Å². The fraction of sp³-hybridized carbons (Fsp3) is 1.00. The van der Waals surface area contributed by atoms with Gasteiger partial charge in [-0.2, -0.15) is 0 Å². The van der Waals surface area contributed by atoms with Crippen LogP contribution in [0.5, 0.6) is 0 Å². The summed E-state index contributed by atoms with van der Waals surface area (Å²) in [6, 6.07) is 1.30. The molecular formula is C15H32N2. The van der Waals surface area contributed by atoms with Crippen molar-refractivity contribution in [1.82, 2.24) is 10.2 Å². The number of nitrogens with one attached hydrogen (secondary N) is 1. The lowest BCUT2D eigenvalue weighted by molar-refractivity contribution is 0.119. The van der Waals surface area contributed by atoms with E-state index in [0.29, 0.717) is 17.5 Å². The molecule has 0 radical (unpaired) electrons. The maximum absolute atomic E-state index is 3.54. The summed E-state index contributed by atoms with van der Waals surface area (Å²) in [5.74, 6) is 0.898. The first kappa shape index (κ1) is 15.0. The Morgan fingerprint density at radius 2 is 1.76 bits per heavy atom. The van der Waals surface area contributed by atoms with Crippen LogP contribution in [0.25, 0.3) is 0 Å². The molecular weight excluding hydrogens is 208 g/mol. The predicted octanol–water partition coefficient (Wildman–Crippen LogP) is 3.13. The molecule has 0 heterocycles. The van der Waals surface area contributed by atoms with E-state index in [1.165, 1.54) is 32.2 Å². The molecule has 0 bridgehead atoms. The van der Waals surface area contributed by atoms with Crippen LogP contribution in [-0.2, 0) is 0 Å². The second-order valence-corrected chi connectivity index (χ2v) is 6.92. The Labute approximate surface area is 108 Å². The molecule has 0 aromatic carbocycles. The van der Waals surface area contributed by atoms with E-state index in [-0.39, 0.29) is 0 Å². The maximum Gasteiger partial charge on any atom is 0.0220 e. The van der Waals surface area contributed by atoms with E-state index in [9.17, 15) is 0 Å². The van der Waals surface area contributed by atoms with Gasteiger partial charge in [-0.3, -0.25) is 0 Å². The van der Waals surface area contributed by atoms with Gasteiger partial charge < -0.3 is 10.2 Å². The van der Waals surface area contributed by atoms with Gasteiger partial charge in [0.15, 0.2) is 0 Å². The van der Waals surface area contributed by atoms with Crippen molar-refractivity contribution in [3.8, 4) is 0 Å². The standard InChI is InChI=1S/C15H32N2/c1-12(15(2,3)4)17(6)11-14(16-5)13-9-7-8-10-13/h12-14,16H,7-11H2,1-6H3. The molecule has 0 saturated heterocycles. The van der Waals surface area contributed by atoms with Crippen LogP contribution < -0.4 is 5.32 Å². The molecule has 0 aromatic rings. The summed E-state index contributed by atoms with van der Waals surface area (Å²) in [7, 11) is 4.40. The van der Waals surface area contributed by atoms with Crippen LogP contribution in [-0.4, -0.2) is 37.6 Å². The van der Waals surface area contributed by atoms with Gasteiger partial charge in [0.2, 0.25) is 0 Å². The number of likely N-dealkylation sites (N-methyl/N-ethyl adjacent to an activating group) is 2. The molecule has 0 aromatic heterocycles. The Hall–Kier alpha value is -0.0800. The van der Waals surface area contributed by atoms with Crippen molar-refractivity contribution in [1.29, 1.82) is 0 Å². The van der Waals surface area contributed by atoms with Crippen LogP contribution in [0.4, 0.5) is 0 Å². The fourth-order valence-corrected chi connectivity index (χ4v) is 2.97. The van der Waals surface area contributed by atoms with Gasteiger partial charge in [-0.25, -0.2) is 0 Å². The molecule has 2 atom stereocenters. The number of nitrogens with zero attached hydrogens (tertiary/aromatic N) is 1. The van der Waals surface area contributed by atoms with Crippen LogP contribution >= 0.6 is 0 Å².